The van der Waals surface area contributed by atoms with Gasteiger partial charge in [0.05, 0.1) is 18.8 Å². The van der Waals surface area contributed by atoms with Crippen molar-refractivity contribution in [2.45, 2.75) is 19.5 Å². The van der Waals surface area contributed by atoms with Crippen LogP contribution in [0, 0.1) is 0 Å². The second-order valence-electron chi connectivity index (χ2n) is 8.35. The van der Waals surface area contributed by atoms with E-state index < -0.39 is 0 Å². The predicted octanol–water partition coefficient (Wildman–Crippen LogP) is 7.31. The quantitative estimate of drug-likeness (QED) is 0.148. The Morgan fingerprint density at radius 3 is 2.37 bits per heavy atom. The molecule has 0 N–H and O–H groups in total. The number of aromatic nitrogens is 4. The number of halogens is 2. The van der Waals surface area contributed by atoms with E-state index >= 15 is 0 Å². The van der Waals surface area contributed by atoms with Crippen LogP contribution >= 0.6 is 31.9 Å². The van der Waals surface area contributed by atoms with Crippen molar-refractivity contribution in [2.24, 2.45) is 0 Å². The molecular weight excluding hydrogens is 568 g/mol. The van der Waals surface area contributed by atoms with Crippen LogP contribution in [0.2, 0.25) is 0 Å². The molecule has 0 amide bonds. The number of nitrogens with zero attached hydrogens (tertiary/aromatic N) is 4. The molecule has 5 aromatic rings. The standard InChI is InChI=1S/C28H22Br2N4O/c1-19(20-6-11-23(29)12-7-20)34-18-25(31-32-34)17-33-16-22(26-4-2-3-5-27(26)33)10-15-28(35)21-8-13-24(30)14-9-21/h2-16,18-19H,17H2,1H3/b15-10+. The van der Waals surface area contributed by atoms with E-state index in [1.54, 1.807) is 6.08 Å². The Morgan fingerprint density at radius 2 is 1.63 bits per heavy atom. The molecule has 5 rings (SSSR count). The van der Waals surface area contributed by atoms with Crippen molar-refractivity contribution in [3.63, 3.8) is 0 Å². The minimum Gasteiger partial charge on any atom is -0.341 e. The Morgan fingerprint density at radius 1 is 0.943 bits per heavy atom. The van der Waals surface area contributed by atoms with Crippen molar-refractivity contribution >= 4 is 54.6 Å². The summed E-state index contributed by atoms with van der Waals surface area (Å²) in [7, 11) is 0. The van der Waals surface area contributed by atoms with Gasteiger partial charge in [-0.05, 0) is 67.1 Å². The molecule has 0 saturated carbocycles. The highest BCUT2D eigenvalue weighted by atomic mass is 79.9. The van der Waals surface area contributed by atoms with E-state index in [0.717, 1.165) is 31.1 Å². The van der Waals surface area contributed by atoms with Gasteiger partial charge in [0, 0.05) is 37.2 Å². The molecule has 0 aliphatic heterocycles. The lowest BCUT2D eigenvalue weighted by Gasteiger charge is -2.11. The van der Waals surface area contributed by atoms with Crippen molar-refractivity contribution in [1.29, 1.82) is 0 Å². The topological polar surface area (TPSA) is 52.7 Å². The Balaban J connectivity index is 1.38. The third kappa shape index (κ3) is 5.21. The zero-order valence-corrected chi connectivity index (χ0v) is 22.1. The van der Waals surface area contributed by atoms with Gasteiger partial charge in [0.15, 0.2) is 5.78 Å². The second kappa shape index (κ2) is 10.1. The number of allylic oxidation sites excluding steroid dienone is 1. The van der Waals surface area contributed by atoms with E-state index in [4.69, 9.17) is 0 Å². The van der Waals surface area contributed by atoms with Crippen LogP contribution in [0.5, 0.6) is 0 Å². The first-order valence-corrected chi connectivity index (χ1v) is 12.8. The molecule has 174 valence electrons. The lowest BCUT2D eigenvalue weighted by Crippen LogP contribution is -2.07. The SMILES string of the molecule is CC(c1ccc(Br)cc1)n1cc(Cn2cc(/C=C/C(=O)c3ccc(Br)cc3)c3ccccc32)nn1. The molecule has 1 atom stereocenters. The second-order valence-corrected chi connectivity index (χ2v) is 10.2. The van der Waals surface area contributed by atoms with Gasteiger partial charge in [-0.1, -0.05) is 67.4 Å². The summed E-state index contributed by atoms with van der Waals surface area (Å²) >= 11 is 6.89. The summed E-state index contributed by atoms with van der Waals surface area (Å²) in [4.78, 5) is 12.6. The van der Waals surface area contributed by atoms with Gasteiger partial charge in [0.2, 0.25) is 0 Å². The van der Waals surface area contributed by atoms with Gasteiger partial charge in [-0.2, -0.15) is 0 Å². The predicted molar refractivity (Wildman–Crippen MR) is 147 cm³/mol. The summed E-state index contributed by atoms with van der Waals surface area (Å²) in [6.45, 7) is 2.69. The lowest BCUT2D eigenvalue weighted by molar-refractivity contribution is 0.104. The molecule has 0 spiro atoms. The van der Waals surface area contributed by atoms with E-state index in [0.29, 0.717) is 12.1 Å². The third-order valence-corrected chi connectivity index (χ3v) is 7.06. The maximum atomic E-state index is 12.6. The van der Waals surface area contributed by atoms with Crippen molar-refractivity contribution in [2.75, 3.05) is 0 Å². The minimum atomic E-state index is -0.0285. The van der Waals surface area contributed by atoms with E-state index in [9.17, 15) is 4.79 Å². The Bertz CT molecular complexity index is 1520. The van der Waals surface area contributed by atoms with E-state index in [1.807, 2.05) is 65.5 Å². The minimum absolute atomic E-state index is 0.0285. The smallest absolute Gasteiger partial charge is 0.185 e. The normalized spacial score (nSPS) is 12.4. The summed E-state index contributed by atoms with van der Waals surface area (Å²) < 4.78 is 6.04. The summed E-state index contributed by atoms with van der Waals surface area (Å²) in [5, 5.41) is 9.88. The van der Waals surface area contributed by atoms with Crippen LogP contribution in [0.15, 0.2) is 100 Å². The monoisotopic (exact) mass is 588 g/mol. The average Bonchev–Trinajstić information content (AvgIpc) is 3.48. The Labute approximate surface area is 220 Å². The van der Waals surface area contributed by atoms with Crippen LogP contribution in [0.3, 0.4) is 0 Å². The van der Waals surface area contributed by atoms with Gasteiger partial charge in [-0.25, -0.2) is 4.68 Å². The molecule has 35 heavy (non-hydrogen) atoms. The maximum Gasteiger partial charge on any atom is 0.185 e. The van der Waals surface area contributed by atoms with Crippen LogP contribution in [0.1, 0.15) is 40.1 Å². The molecule has 2 heterocycles. The molecule has 5 nitrogen and oxygen atoms in total. The van der Waals surface area contributed by atoms with Gasteiger partial charge in [0.1, 0.15) is 5.69 Å². The molecule has 2 aromatic heterocycles. The van der Waals surface area contributed by atoms with Gasteiger partial charge < -0.3 is 4.57 Å². The van der Waals surface area contributed by atoms with Crippen LogP contribution in [0.25, 0.3) is 17.0 Å². The number of para-hydroxylation sites is 1. The molecule has 0 aliphatic carbocycles. The number of ketones is 1. The van der Waals surface area contributed by atoms with Crippen molar-refractivity contribution in [1.82, 2.24) is 19.6 Å². The number of rotatable bonds is 7. The van der Waals surface area contributed by atoms with E-state index in [1.165, 1.54) is 5.56 Å². The highest BCUT2D eigenvalue weighted by molar-refractivity contribution is 9.10. The Hall–Kier alpha value is -3.29. The Kier molecular flexibility index (Phi) is 6.79. The number of hydrogen-bond acceptors (Lipinski definition) is 3. The lowest BCUT2D eigenvalue weighted by atomic mass is 10.1. The molecular formula is C28H22Br2N4O. The average molecular weight is 590 g/mol. The highest BCUT2D eigenvalue weighted by Gasteiger charge is 2.13. The highest BCUT2D eigenvalue weighted by Crippen LogP contribution is 2.25. The fourth-order valence-electron chi connectivity index (χ4n) is 4.06. The van der Waals surface area contributed by atoms with E-state index in [2.05, 4.69) is 84.1 Å². The van der Waals surface area contributed by atoms with E-state index in [-0.39, 0.29) is 11.8 Å². The molecule has 0 bridgehead atoms. The molecule has 0 fully saturated rings. The number of carbonyl (C=O) groups excluding carboxylic acids is 1. The fourth-order valence-corrected chi connectivity index (χ4v) is 4.59. The summed E-state index contributed by atoms with van der Waals surface area (Å²) in [6, 6.07) is 23.9. The van der Waals surface area contributed by atoms with Crippen LogP contribution in [-0.2, 0) is 6.54 Å². The first-order valence-electron chi connectivity index (χ1n) is 11.2. The summed E-state index contributed by atoms with van der Waals surface area (Å²) in [6.07, 6.45) is 7.57. The molecule has 0 aliphatic rings. The third-order valence-electron chi connectivity index (χ3n) is 6.00. The van der Waals surface area contributed by atoms with Crippen LogP contribution in [-0.4, -0.2) is 25.3 Å². The van der Waals surface area contributed by atoms with Crippen molar-refractivity contribution in [3.05, 3.63) is 123 Å². The largest absolute Gasteiger partial charge is 0.341 e. The number of hydrogen-bond donors (Lipinski definition) is 0. The van der Waals surface area contributed by atoms with Crippen molar-refractivity contribution < 1.29 is 4.79 Å². The number of benzene rings is 3. The molecule has 3 aromatic carbocycles. The van der Waals surface area contributed by atoms with Gasteiger partial charge in [-0.3, -0.25) is 4.79 Å². The first kappa shape index (κ1) is 23.5. The number of carbonyl (C=O) groups is 1. The van der Waals surface area contributed by atoms with Crippen LogP contribution < -0.4 is 0 Å². The van der Waals surface area contributed by atoms with Gasteiger partial charge in [-0.15, -0.1) is 5.10 Å². The van der Waals surface area contributed by atoms with Gasteiger partial charge in [0.25, 0.3) is 0 Å². The summed E-state index contributed by atoms with van der Waals surface area (Å²) in [5.41, 5.74) is 4.76. The van der Waals surface area contributed by atoms with Crippen molar-refractivity contribution in [3.8, 4) is 0 Å². The maximum absolute atomic E-state index is 12.6. The molecule has 0 saturated heterocycles. The van der Waals surface area contributed by atoms with Gasteiger partial charge >= 0.3 is 0 Å². The number of fused-ring (bicyclic) bond motifs is 1. The fraction of sp³-hybridized carbons (Fsp3) is 0.107. The van der Waals surface area contributed by atoms with Crippen LogP contribution in [0.4, 0.5) is 0 Å². The molecule has 7 heteroatoms. The zero-order valence-electron chi connectivity index (χ0n) is 19.0. The molecule has 1 unspecified atom stereocenters. The zero-order chi connectivity index (χ0) is 24.4. The molecule has 0 radical (unpaired) electrons. The first-order chi connectivity index (χ1) is 17.0. The summed E-state index contributed by atoms with van der Waals surface area (Å²) in [5.74, 6) is -0.0285.